The highest BCUT2D eigenvalue weighted by molar-refractivity contribution is 5.35. The summed E-state index contributed by atoms with van der Waals surface area (Å²) in [5, 5.41) is 0. The summed E-state index contributed by atoms with van der Waals surface area (Å²) in [4.78, 5) is 7.04. The summed E-state index contributed by atoms with van der Waals surface area (Å²) in [6, 6.07) is 0.267. The molecule has 0 aliphatic carbocycles. The van der Waals surface area contributed by atoms with Gasteiger partial charge in [-0.05, 0) is 32.6 Å². The summed E-state index contributed by atoms with van der Waals surface area (Å²) in [5.74, 6) is 1.68. The number of anilines is 1. The smallest absolute Gasteiger partial charge is 0.205 e. The molecule has 1 fully saturated rings. The molecule has 1 aliphatic rings. The molecule has 2 atom stereocenters. The molecule has 108 valence electrons. The molecule has 5 nitrogen and oxygen atoms in total. The molecule has 0 amide bonds. The molecular formula is C14H26N4O. The van der Waals surface area contributed by atoms with Crippen molar-refractivity contribution in [2.75, 3.05) is 31.7 Å². The lowest BCUT2D eigenvalue weighted by molar-refractivity contribution is 0.190. The van der Waals surface area contributed by atoms with E-state index in [0.717, 1.165) is 44.3 Å². The van der Waals surface area contributed by atoms with Crippen molar-refractivity contribution in [3.63, 3.8) is 0 Å². The van der Waals surface area contributed by atoms with Crippen LogP contribution >= 0.6 is 0 Å². The maximum Gasteiger partial charge on any atom is 0.205 e. The van der Waals surface area contributed by atoms with E-state index in [1.807, 2.05) is 0 Å². The fourth-order valence-corrected chi connectivity index (χ4v) is 2.73. The predicted octanol–water partition coefficient (Wildman–Crippen LogP) is 1.40. The molecule has 1 saturated heterocycles. The Bertz CT molecular complexity index is 402. The third-order valence-electron chi connectivity index (χ3n) is 3.87. The second kappa shape index (κ2) is 6.39. The summed E-state index contributed by atoms with van der Waals surface area (Å²) < 4.78 is 7.37. The van der Waals surface area contributed by atoms with Crippen LogP contribution in [-0.2, 0) is 11.3 Å². The van der Waals surface area contributed by atoms with Gasteiger partial charge in [-0.25, -0.2) is 4.98 Å². The number of imidazole rings is 1. The fraction of sp³-hybridized carbons (Fsp3) is 0.786. The zero-order valence-electron chi connectivity index (χ0n) is 12.3. The maximum atomic E-state index is 6.01. The van der Waals surface area contributed by atoms with Gasteiger partial charge in [0.2, 0.25) is 5.95 Å². The molecule has 1 aromatic rings. The standard InChI is InChI=1S/C14H26N4O/c1-11-9-17(6-4-8-19-3)14(16-11)18-7-5-13(10-18)12(2)15/h9,12-13H,4-8,10,15H2,1-3H3. The highest BCUT2D eigenvalue weighted by Gasteiger charge is 2.27. The topological polar surface area (TPSA) is 56.3 Å². The van der Waals surface area contributed by atoms with Crippen molar-refractivity contribution in [1.29, 1.82) is 0 Å². The Morgan fingerprint density at radius 2 is 2.37 bits per heavy atom. The minimum Gasteiger partial charge on any atom is -0.385 e. The Kier molecular flexibility index (Phi) is 4.82. The molecule has 0 aromatic carbocycles. The number of nitrogens with two attached hydrogens (primary N) is 1. The lowest BCUT2D eigenvalue weighted by Gasteiger charge is -2.20. The second-order valence-electron chi connectivity index (χ2n) is 5.58. The van der Waals surface area contributed by atoms with Crippen LogP contribution in [0.5, 0.6) is 0 Å². The Hall–Kier alpha value is -1.07. The van der Waals surface area contributed by atoms with Crippen LogP contribution in [0.2, 0.25) is 0 Å². The summed E-state index contributed by atoms with van der Waals surface area (Å²) in [6.45, 7) is 7.99. The van der Waals surface area contributed by atoms with Crippen LogP contribution in [0.25, 0.3) is 0 Å². The van der Waals surface area contributed by atoms with Gasteiger partial charge in [0.25, 0.3) is 0 Å². The molecule has 19 heavy (non-hydrogen) atoms. The first-order valence-corrected chi connectivity index (χ1v) is 7.15. The summed E-state index contributed by atoms with van der Waals surface area (Å²) in [7, 11) is 1.74. The van der Waals surface area contributed by atoms with Crippen molar-refractivity contribution in [2.24, 2.45) is 11.7 Å². The van der Waals surface area contributed by atoms with Crippen molar-refractivity contribution in [3.8, 4) is 0 Å². The van der Waals surface area contributed by atoms with E-state index >= 15 is 0 Å². The fourth-order valence-electron chi connectivity index (χ4n) is 2.73. The SMILES string of the molecule is COCCCn1cc(C)nc1N1CCC(C(C)N)C1. The van der Waals surface area contributed by atoms with E-state index in [1.54, 1.807) is 7.11 Å². The van der Waals surface area contributed by atoms with Crippen LogP contribution in [0.1, 0.15) is 25.5 Å². The average molecular weight is 266 g/mol. The highest BCUT2D eigenvalue weighted by atomic mass is 16.5. The predicted molar refractivity (Wildman–Crippen MR) is 77.4 cm³/mol. The van der Waals surface area contributed by atoms with Gasteiger partial charge in [0.15, 0.2) is 0 Å². The Labute approximate surface area is 115 Å². The van der Waals surface area contributed by atoms with Crippen molar-refractivity contribution >= 4 is 5.95 Å². The van der Waals surface area contributed by atoms with Gasteiger partial charge >= 0.3 is 0 Å². The number of ether oxygens (including phenoxy) is 1. The molecular weight excluding hydrogens is 240 g/mol. The molecule has 2 rings (SSSR count). The molecule has 5 heteroatoms. The lowest BCUT2D eigenvalue weighted by Crippen LogP contribution is -2.30. The first-order valence-electron chi connectivity index (χ1n) is 7.15. The molecule has 2 unspecified atom stereocenters. The van der Waals surface area contributed by atoms with E-state index < -0.39 is 0 Å². The van der Waals surface area contributed by atoms with Crippen molar-refractivity contribution in [2.45, 2.75) is 39.3 Å². The molecule has 0 spiro atoms. The van der Waals surface area contributed by atoms with Crippen LogP contribution < -0.4 is 10.6 Å². The quantitative estimate of drug-likeness (QED) is 0.791. The first-order chi connectivity index (χ1) is 9.11. The second-order valence-corrected chi connectivity index (χ2v) is 5.58. The minimum absolute atomic E-state index is 0.267. The zero-order valence-corrected chi connectivity index (χ0v) is 12.3. The first kappa shape index (κ1) is 14.3. The Balaban J connectivity index is 2.03. The number of nitrogens with zero attached hydrogens (tertiary/aromatic N) is 3. The number of methoxy groups -OCH3 is 1. The Morgan fingerprint density at radius 3 is 3.00 bits per heavy atom. The van der Waals surface area contributed by atoms with Gasteiger partial charge in [-0.3, -0.25) is 0 Å². The zero-order chi connectivity index (χ0) is 13.8. The molecule has 1 aromatic heterocycles. The molecule has 0 radical (unpaired) electrons. The number of aromatic nitrogens is 2. The van der Waals surface area contributed by atoms with Gasteiger partial charge in [-0.1, -0.05) is 0 Å². The van der Waals surface area contributed by atoms with Crippen molar-refractivity contribution in [3.05, 3.63) is 11.9 Å². The number of hydrogen-bond donors (Lipinski definition) is 1. The third kappa shape index (κ3) is 3.48. The normalized spacial score (nSPS) is 21.1. The van der Waals surface area contributed by atoms with Gasteiger partial charge in [-0.2, -0.15) is 0 Å². The van der Waals surface area contributed by atoms with E-state index in [9.17, 15) is 0 Å². The Morgan fingerprint density at radius 1 is 1.58 bits per heavy atom. The van der Waals surface area contributed by atoms with Crippen LogP contribution in [0.3, 0.4) is 0 Å². The van der Waals surface area contributed by atoms with Crippen molar-refractivity contribution < 1.29 is 4.74 Å². The molecule has 2 N–H and O–H groups in total. The van der Waals surface area contributed by atoms with Crippen LogP contribution in [0.4, 0.5) is 5.95 Å². The molecule has 2 heterocycles. The minimum atomic E-state index is 0.267. The van der Waals surface area contributed by atoms with Crippen LogP contribution in [0.15, 0.2) is 6.20 Å². The van der Waals surface area contributed by atoms with E-state index in [1.165, 1.54) is 6.42 Å². The largest absolute Gasteiger partial charge is 0.385 e. The highest BCUT2D eigenvalue weighted by Crippen LogP contribution is 2.25. The monoisotopic (exact) mass is 266 g/mol. The number of aryl methyl sites for hydroxylation is 2. The van der Waals surface area contributed by atoms with Gasteiger partial charge in [-0.15, -0.1) is 0 Å². The van der Waals surface area contributed by atoms with Gasteiger partial charge in [0, 0.05) is 45.6 Å². The van der Waals surface area contributed by atoms with E-state index in [4.69, 9.17) is 10.5 Å². The lowest BCUT2D eigenvalue weighted by atomic mass is 10.0. The summed E-state index contributed by atoms with van der Waals surface area (Å²) in [6.07, 6.45) is 4.32. The maximum absolute atomic E-state index is 6.01. The van der Waals surface area contributed by atoms with E-state index in [2.05, 4.69) is 34.5 Å². The third-order valence-corrected chi connectivity index (χ3v) is 3.87. The van der Waals surface area contributed by atoms with Gasteiger partial charge in [0.05, 0.1) is 5.69 Å². The van der Waals surface area contributed by atoms with E-state index in [-0.39, 0.29) is 6.04 Å². The average Bonchev–Trinajstić information content (AvgIpc) is 2.96. The van der Waals surface area contributed by atoms with E-state index in [0.29, 0.717) is 5.92 Å². The van der Waals surface area contributed by atoms with Gasteiger partial charge in [0.1, 0.15) is 0 Å². The summed E-state index contributed by atoms with van der Waals surface area (Å²) in [5.41, 5.74) is 7.09. The number of rotatable bonds is 6. The van der Waals surface area contributed by atoms with Crippen molar-refractivity contribution in [1.82, 2.24) is 9.55 Å². The summed E-state index contributed by atoms with van der Waals surface area (Å²) >= 11 is 0. The molecule has 1 aliphatic heterocycles. The molecule has 0 bridgehead atoms. The molecule has 0 saturated carbocycles. The van der Waals surface area contributed by atoms with Crippen LogP contribution in [0, 0.1) is 12.8 Å². The van der Waals surface area contributed by atoms with Crippen LogP contribution in [-0.4, -0.2) is 42.4 Å². The van der Waals surface area contributed by atoms with Gasteiger partial charge < -0.3 is 19.9 Å². The number of hydrogen-bond acceptors (Lipinski definition) is 4.